The van der Waals surface area contributed by atoms with Gasteiger partial charge in [0, 0.05) is 29.4 Å². The van der Waals surface area contributed by atoms with Crippen molar-refractivity contribution in [1.82, 2.24) is 10.3 Å². The first-order valence-corrected chi connectivity index (χ1v) is 8.20. The van der Waals surface area contributed by atoms with Gasteiger partial charge in [0.25, 0.3) is 0 Å². The van der Waals surface area contributed by atoms with Crippen LogP contribution >= 0.6 is 11.6 Å². The van der Waals surface area contributed by atoms with Crippen LogP contribution in [-0.4, -0.2) is 11.0 Å². The van der Waals surface area contributed by atoms with Crippen molar-refractivity contribution in [3.05, 3.63) is 69.1 Å². The molecule has 1 aromatic carbocycles. The van der Waals surface area contributed by atoms with Gasteiger partial charge >= 0.3 is 0 Å². The number of pyridine rings is 1. The molecule has 3 atom stereocenters. The smallest absolute Gasteiger partial charge is 0.247 e. The molecule has 116 valence electrons. The number of hydrogen-bond donors (Lipinski definition) is 2. The van der Waals surface area contributed by atoms with Crippen molar-refractivity contribution in [1.29, 1.82) is 0 Å². The summed E-state index contributed by atoms with van der Waals surface area (Å²) in [5.74, 6) is 0.529. The van der Waals surface area contributed by atoms with Crippen LogP contribution in [-0.2, 0) is 0 Å². The Bertz CT molecular complexity index is 677. The van der Waals surface area contributed by atoms with Crippen LogP contribution in [0.3, 0.4) is 0 Å². The van der Waals surface area contributed by atoms with E-state index in [0.717, 1.165) is 24.3 Å². The summed E-state index contributed by atoms with van der Waals surface area (Å²) in [7, 11) is 0. The van der Waals surface area contributed by atoms with Crippen LogP contribution in [0.15, 0.2) is 47.4 Å². The van der Waals surface area contributed by atoms with Crippen LogP contribution in [0.2, 0.25) is 5.02 Å². The second-order valence-corrected chi connectivity index (χ2v) is 6.57. The lowest BCUT2D eigenvalue weighted by molar-refractivity contribution is 0.457. The number of aromatic nitrogens is 1. The third-order valence-corrected chi connectivity index (χ3v) is 4.78. The van der Waals surface area contributed by atoms with E-state index in [9.17, 15) is 4.79 Å². The van der Waals surface area contributed by atoms with Crippen molar-refractivity contribution in [3.8, 4) is 0 Å². The minimum atomic E-state index is -0.0361. The second kappa shape index (κ2) is 6.67. The first kappa shape index (κ1) is 15.3. The van der Waals surface area contributed by atoms with E-state index in [-0.39, 0.29) is 11.6 Å². The highest BCUT2D eigenvalue weighted by molar-refractivity contribution is 6.30. The van der Waals surface area contributed by atoms with Crippen LogP contribution in [0.5, 0.6) is 0 Å². The normalized spacial score (nSPS) is 22.6. The van der Waals surface area contributed by atoms with E-state index in [1.807, 2.05) is 30.5 Å². The SMILES string of the molecule is CC(NC1CCC(c2ccc(=O)[nH]c2)C1)c1cccc(Cl)c1. The summed E-state index contributed by atoms with van der Waals surface area (Å²) in [5.41, 5.74) is 2.42. The topological polar surface area (TPSA) is 44.9 Å². The van der Waals surface area contributed by atoms with Crippen molar-refractivity contribution in [2.24, 2.45) is 0 Å². The number of halogens is 1. The largest absolute Gasteiger partial charge is 0.329 e. The van der Waals surface area contributed by atoms with Crippen molar-refractivity contribution in [2.75, 3.05) is 0 Å². The molecule has 2 N–H and O–H groups in total. The molecule has 3 rings (SSSR count). The second-order valence-electron chi connectivity index (χ2n) is 6.14. The molecular weight excluding hydrogens is 296 g/mol. The van der Waals surface area contributed by atoms with Gasteiger partial charge in [-0.25, -0.2) is 0 Å². The van der Waals surface area contributed by atoms with Gasteiger partial charge in [0.1, 0.15) is 0 Å². The average Bonchev–Trinajstić information content (AvgIpc) is 2.96. The van der Waals surface area contributed by atoms with Crippen molar-refractivity contribution in [2.45, 2.75) is 44.2 Å². The Morgan fingerprint density at radius 3 is 2.86 bits per heavy atom. The lowest BCUT2D eigenvalue weighted by Crippen LogP contribution is -2.29. The summed E-state index contributed by atoms with van der Waals surface area (Å²) in [6, 6.07) is 12.4. The van der Waals surface area contributed by atoms with Crippen molar-refractivity contribution >= 4 is 11.6 Å². The minimum absolute atomic E-state index is 0.0361. The van der Waals surface area contributed by atoms with Crippen LogP contribution < -0.4 is 10.9 Å². The molecule has 0 aliphatic heterocycles. The molecular formula is C18H21ClN2O. The first-order valence-electron chi connectivity index (χ1n) is 7.82. The molecule has 2 aromatic rings. The van der Waals surface area contributed by atoms with Gasteiger partial charge in [-0.15, -0.1) is 0 Å². The van der Waals surface area contributed by atoms with E-state index in [1.54, 1.807) is 6.07 Å². The van der Waals surface area contributed by atoms with E-state index in [2.05, 4.69) is 23.3 Å². The van der Waals surface area contributed by atoms with Crippen LogP contribution in [0.25, 0.3) is 0 Å². The van der Waals surface area contributed by atoms with Crippen molar-refractivity contribution < 1.29 is 0 Å². The number of H-pyrrole nitrogens is 1. The molecule has 0 radical (unpaired) electrons. The van der Waals surface area contributed by atoms with Crippen LogP contribution in [0, 0.1) is 0 Å². The Balaban J connectivity index is 1.61. The molecule has 1 aliphatic rings. The first-order chi connectivity index (χ1) is 10.6. The fraction of sp³-hybridized carbons (Fsp3) is 0.389. The zero-order valence-corrected chi connectivity index (χ0v) is 13.4. The maximum absolute atomic E-state index is 11.2. The van der Waals surface area contributed by atoms with E-state index in [4.69, 9.17) is 11.6 Å². The Morgan fingerprint density at radius 2 is 2.14 bits per heavy atom. The van der Waals surface area contributed by atoms with Gasteiger partial charge in [0.05, 0.1) is 0 Å². The van der Waals surface area contributed by atoms with Gasteiger partial charge in [-0.3, -0.25) is 4.79 Å². The quantitative estimate of drug-likeness (QED) is 0.895. The molecule has 4 heteroatoms. The molecule has 3 unspecified atom stereocenters. The summed E-state index contributed by atoms with van der Waals surface area (Å²) in [5, 5.41) is 4.48. The van der Waals surface area contributed by atoms with E-state index in [1.165, 1.54) is 11.1 Å². The lowest BCUT2D eigenvalue weighted by atomic mass is 9.99. The zero-order valence-electron chi connectivity index (χ0n) is 12.7. The molecule has 0 bridgehead atoms. The number of nitrogens with one attached hydrogen (secondary N) is 2. The maximum Gasteiger partial charge on any atom is 0.247 e. The standard InChI is InChI=1S/C18H21ClN2O/c1-12(13-3-2-4-16(19)9-13)21-17-7-5-14(10-17)15-6-8-18(22)20-11-15/h2-4,6,8-9,11-12,14,17,21H,5,7,10H2,1H3,(H,20,22). The van der Waals surface area contributed by atoms with E-state index < -0.39 is 0 Å². The summed E-state index contributed by atoms with van der Waals surface area (Å²) in [6.45, 7) is 2.18. The van der Waals surface area contributed by atoms with Gasteiger partial charge in [-0.1, -0.05) is 29.8 Å². The fourth-order valence-electron chi connectivity index (χ4n) is 3.34. The van der Waals surface area contributed by atoms with Gasteiger partial charge < -0.3 is 10.3 Å². The molecule has 1 aliphatic carbocycles. The number of hydrogen-bond acceptors (Lipinski definition) is 2. The summed E-state index contributed by atoms with van der Waals surface area (Å²) < 4.78 is 0. The Kier molecular flexibility index (Phi) is 4.65. The number of rotatable bonds is 4. The Morgan fingerprint density at radius 1 is 1.27 bits per heavy atom. The van der Waals surface area contributed by atoms with Gasteiger partial charge in [0.2, 0.25) is 5.56 Å². The monoisotopic (exact) mass is 316 g/mol. The van der Waals surface area contributed by atoms with Crippen LogP contribution in [0.1, 0.15) is 49.3 Å². The maximum atomic E-state index is 11.2. The Labute approximate surface area is 135 Å². The van der Waals surface area contributed by atoms with Crippen molar-refractivity contribution in [3.63, 3.8) is 0 Å². The third kappa shape index (κ3) is 3.60. The molecule has 1 saturated carbocycles. The molecule has 1 aromatic heterocycles. The molecule has 0 spiro atoms. The summed E-state index contributed by atoms with van der Waals surface area (Å²) >= 11 is 6.06. The third-order valence-electron chi connectivity index (χ3n) is 4.55. The molecule has 1 fully saturated rings. The lowest BCUT2D eigenvalue weighted by Gasteiger charge is -2.20. The number of aromatic amines is 1. The minimum Gasteiger partial charge on any atom is -0.329 e. The molecule has 0 saturated heterocycles. The highest BCUT2D eigenvalue weighted by Gasteiger charge is 2.27. The summed E-state index contributed by atoms with van der Waals surface area (Å²) in [4.78, 5) is 13.9. The predicted molar refractivity (Wildman–Crippen MR) is 90.4 cm³/mol. The predicted octanol–water partition coefficient (Wildman–Crippen LogP) is 4.02. The highest BCUT2D eigenvalue weighted by Crippen LogP contribution is 2.35. The molecule has 22 heavy (non-hydrogen) atoms. The molecule has 3 nitrogen and oxygen atoms in total. The molecule has 1 heterocycles. The average molecular weight is 317 g/mol. The van der Waals surface area contributed by atoms with Crippen LogP contribution in [0.4, 0.5) is 0 Å². The fourth-order valence-corrected chi connectivity index (χ4v) is 3.54. The van der Waals surface area contributed by atoms with Gasteiger partial charge in [0.15, 0.2) is 0 Å². The molecule has 0 amide bonds. The number of benzene rings is 1. The van der Waals surface area contributed by atoms with Gasteiger partial charge in [-0.2, -0.15) is 0 Å². The van der Waals surface area contributed by atoms with E-state index >= 15 is 0 Å². The zero-order chi connectivity index (χ0) is 15.5. The van der Waals surface area contributed by atoms with Gasteiger partial charge in [-0.05, 0) is 55.4 Å². The Hall–Kier alpha value is -1.58. The highest BCUT2D eigenvalue weighted by atomic mass is 35.5. The van der Waals surface area contributed by atoms with E-state index in [0.29, 0.717) is 12.0 Å². The summed E-state index contributed by atoms with van der Waals surface area (Å²) in [6.07, 6.45) is 5.29.